The van der Waals surface area contributed by atoms with Gasteiger partial charge in [-0.05, 0) is 30.3 Å². The number of nitrogens with two attached hydrogens (primary N) is 1. The Morgan fingerprint density at radius 1 is 0.938 bits per heavy atom. The van der Waals surface area contributed by atoms with Crippen molar-refractivity contribution in [1.29, 1.82) is 0 Å². The fourth-order valence-corrected chi connectivity index (χ4v) is 3.59. The zero-order chi connectivity index (χ0) is 22.8. The molecular weight excluding hydrogens is 406 g/mol. The lowest BCUT2D eigenvalue weighted by molar-refractivity contribution is 0.186. The predicted molar refractivity (Wildman–Crippen MR) is 127 cm³/mol. The molecule has 9 nitrogen and oxygen atoms in total. The number of hydrogen-bond donors (Lipinski definition) is 4. The van der Waals surface area contributed by atoms with Crippen LogP contribution < -0.4 is 11.1 Å². The molecule has 0 bridgehead atoms. The molecule has 0 unspecified atom stereocenters. The normalized spacial score (nSPS) is 13.1. The van der Waals surface area contributed by atoms with E-state index in [1.54, 1.807) is 17.8 Å². The fraction of sp³-hybridized carbons (Fsp3) is 0.391. The first kappa shape index (κ1) is 23.4. The molecule has 1 fully saturated rings. The van der Waals surface area contributed by atoms with Gasteiger partial charge in [-0.25, -0.2) is 9.50 Å². The van der Waals surface area contributed by atoms with Crippen molar-refractivity contribution in [1.82, 2.24) is 24.6 Å². The third-order valence-electron chi connectivity index (χ3n) is 5.10. The SMILES string of the molecule is C1CCCCC1.CNc1nc(N)nn2ccc(-c3ccc4ncccc4n3)c12.OCCO. The summed E-state index contributed by atoms with van der Waals surface area (Å²) in [5, 5.41) is 22.5. The minimum absolute atomic E-state index is 0.125. The highest BCUT2D eigenvalue weighted by Gasteiger charge is 2.13. The molecule has 5 rings (SSSR count). The molecule has 0 atom stereocenters. The van der Waals surface area contributed by atoms with Crippen LogP contribution in [0.25, 0.3) is 27.8 Å². The maximum Gasteiger partial charge on any atom is 0.240 e. The number of aliphatic hydroxyl groups is 2. The van der Waals surface area contributed by atoms with Crippen LogP contribution >= 0.6 is 0 Å². The van der Waals surface area contributed by atoms with Gasteiger partial charge < -0.3 is 21.3 Å². The van der Waals surface area contributed by atoms with Crippen LogP contribution in [0.4, 0.5) is 11.8 Å². The summed E-state index contributed by atoms with van der Waals surface area (Å²) >= 11 is 0. The second-order valence-corrected chi connectivity index (χ2v) is 7.40. The zero-order valence-corrected chi connectivity index (χ0v) is 18.4. The van der Waals surface area contributed by atoms with Crippen molar-refractivity contribution in [2.24, 2.45) is 0 Å². The molecule has 4 heterocycles. The van der Waals surface area contributed by atoms with Crippen molar-refractivity contribution in [3.63, 3.8) is 0 Å². The molecule has 170 valence electrons. The number of aromatic nitrogens is 5. The Morgan fingerprint density at radius 2 is 1.62 bits per heavy atom. The van der Waals surface area contributed by atoms with Crippen LogP contribution in [0.2, 0.25) is 0 Å². The highest BCUT2D eigenvalue weighted by atomic mass is 16.3. The summed E-state index contributed by atoms with van der Waals surface area (Å²) in [6.45, 7) is -0.250. The lowest BCUT2D eigenvalue weighted by atomic mass is 10.0. The van der Waals surface area contributed by atoms with Crippen LogP contribution in [0.1, 0.15) is 38.5 Å². The third-order valence-corrected chi connectivity index (χ3v) is 5.10. The van der Waals surface area contributed by atoms with Gasteiger partial charge in [0, 0.05) is 25.0 Å². The van der Waals surface area contributed by atoms with Gasteiger partial charge in [-0.2, -0.15) is 4.98 Å². The van der Waals surface area contributed by atoms with Gasteiger partial charge in [0.05, 0.1) is 29.9 Å². The summed E-state index contributed by atoms with van der Waals surface area (Å²) in [5.74, 6) is 0.884. The molecule has 1 saturated carbocycles. The average molecular weight is 438 g/mol. The van der Waals surface area contributed by atoms with Gasteiger partial charge in [0.2, 0.25) is 5.95 Å². The Hall–Kier alpha value is -3.30. The molecule has 9 heteroatoms. The van der Waals surface area contributed by atoms with Crippen molar-refractivity contribution < 1.29 is 10.2 Å². The highest BCUT2D eigenvalue weighted by Crippen LogP contribution is 2.29. The molecule has 0 aliphatic heterocycles. The smallest absolute Gasteiger partial charge is 0.240 e. The monoisotopic (exact) mass is 437 g/mol. The first-order chi connectivity index (χ1) is 15.7. The van der Waals surface area contributed by atoms with E-state index in [0.29, 0.717) is 5.82 Å². The quantitative estimate of drug-likeness (QED) is 0.384. The van der Waals surface area contributed by atoms with Crippen molar-refractivity contribution in [2.45, 2.75) is 38.5 Å². The van der Waals surface area contributed by atoms with E-state index in [1.807, 2.05) is 36.5 Å². The molecule has 0 aromatic carbocycles. The molecule has 0 radical (unpaired) electrons. The Labute approximate surface area is 187 Å². The Morgan fingerprint density at radius 3 is 2.25 bits per heavy atom. The lowest BCUT2D eigenvalue weighted by Crippen LogP contribution is -2.05. The maximum atomic E-state index is 7.62. The van der Waals surface area contributed by atoms with Crippen molar-refractivity contribution in [2.75, 3.05) is 31.3 Å². The molecule has 1 aliphatic rings. The summed E-state index contributed by atoms with van der Waals surface area (Å²) in [5.41, 5.74) is 10.1. The Bertz CT molecular complexity index is 1110. The van der Waals surface area contributed by atoms with E-state index in [4.69, 9.17) is 15.9 Å². The number of fused-ring (bicyclic) bond motifs is 2. The number of anilines is 2. The number of pyridine rings is 2. The topological polar surface area (TPSA) is 134 Å². The summed E-state index contributed by atoms with van der Waals surface area (Å²) in [6, 6.07) is 9.67. The van der Waals surface area contributed by atoms with E-state index in [2.05, 4.69) is 25.4 Å². The van der Waals surface area contributed by atoms with Gasteiger partial charge >= 0.3 is 0 Å². The molecule has 1 aliphatic carbocycles. The van der Waals surface area contributed by atoms with Crippen molar-refractivity contribution in [3.8, 4) is 11.3 Å². The fourth-order valence-electron chi connectivity index (χ4n) is 3.59. The second-order valence-electron chi connectivity index (χ2n) is 7.40. The summed E-state index contributed by atoms with van der Waals surface area (Å²) < 4.78 is 1.71. The highest BCUT2D eigenvalue weighted by molar-refractivity contribution is 5.89. The van der Waals surface area contributed by atoms with Crippen molar-refractivity contribution in [3.05, 3.63) is 42.7 Å². The molecule has 4 aromatic heterocycles. The van der Waals surface area contributed by atoms with Gasteiger partial charge in [0.1, 0.15) is 5.52 Å². The molecule has 5 N–H and O–H groups in total. The van der Waals surface area contributed by atoms with Crippen LogP contribution in [0, 0.1) is 0 Å². The van der Waals surface area contributed by atoms with Crippen LogP contribution in [-0.4, -0.2) is 55.0 Å². The molecule has 4 aromatic rings. The van der Waals surface area contributed by atoms with Gasteiger partial charge in [0.15, 0.2) is 5.82 Å². The molecule has 0 saturated heterocycles. The van der Waals surface area contributed by atoms with Gasteiger partial charge in [0.25, 0.3) is 0 Å². The lowest BCUT2D eigenvalue weighted by Gasteiger charge is -2.07. The van der Waals surface area contributed by atoms with Gasteiger partial charge in [-0.15, -0.1) is 5.10 Å². The largest absolute Gasteiger partial charge is 0.394 e. The van der Waals surface area contributed by atoms with E-state index in [-0.39, 0.29) is 19.2 Å². The number of nitrogens with zero attached hydrogens (tertiary/aromatic N) is 5. The summed E-state index contributed by atoms with van der Waals surface area (Å²) in [7, 11) is 1.80. The molecule has 0 amide bonds. The van der Waals surface area contributed by atoms with Crippen LogP contribution in [0.3, 0.4) is 0 Å². The number of nitrogens with one attached hydrogen (secondary N) is 1. The Balaban J connectivity index is 0.000000241. The van der Waals surface area contributed by atoms with E-state index >= 15 is 0 Å². The predicted octanol–water partition coefficient (Wildman–Crippen LogP) is 3.28. The van der Waals surface area contributed by atoms with Crippen LogP contribution in [0.5, 0.6) is 0 Å². The number of rotatable bonds is 3. The van der Waals surface area contributed by atoms with Crippen LogP contribution in [-0.2, 0) is 0 Å². The van der Waals surface area contributed by atoms with E-state index in [9.17, 15) is 0 Å². The number of nitrogen functional groups attached to an aromatic ring is 1. The third kappa shape index (κ3) is 5.89. The average Bonchev–Trinajstić information content (AvgIpc) is 3.28. The van der Waals surface area contributed by atoms with Crippen LogP contribution in [0.15, 0.2) is 42.7 Å². The zero-order valence-electron chi connectivity index (χ0n) is 18.4. The standard InChI is InChI=1S/C15H13N7.C6H12.C2H6O2/c1-17-14-13-9(6-8-22(13)21-15(16)20-14)10-4-5-11-12(19-10)3-2-7-18-11;1-2-4-6-5-3-1;3-1-2-4/h2-8H,1H3,(H3,16,17,20,21);1-6H2;3-4H,1-2H2. The minimum atomic E-state index is -0.125. The van der Waals surface area contributed by atoms with Crippen molar-refractivity contribution >= 4 is 28.3 Å². The minimum Gasteiger partial charge on any atom is -0.394 e. The molecule has 32 heavy (non-hydrogen) atoms. The van der Waals surface area contributed by atoms with E-state index in [0.717, 1.165) is 27.8 Å². The van der Waals surface area contributed by atoms with Gasteiger partial charge in [-0.1, -0.05) is 38.5 Å². The molecular formula is C23H31N7O2. The number of hydrogen-bond acceptors (Lipinski definition) is 8. The Kier molecular flexibility index (Phi) is 8.70. The first-order valence-corrected chi connectivity index (χ1v) is 10.9. The van der Waals surface area contributed by atoms with E-state index < -0.39 is 0 Å². The maximum absolute atomic E-state index is 7.62. The molecule has 0 spiro atoms. The second kappa shape index (κ2) is 11.9. The van der Waals surface area contributed by atoms with E-state index in [1.165, 1.54) is 38.5 Å². The number of aliphatic hydroxyl groups excluding tert-OH is 2. The summed E-state index contributed by atoms with van der Waals surface area (Å²) in [4.78, 5) is 13.2. The first-order valence-electron chi connectivity index (χ1n) is 10.9. The van der Waals surface area contributed by atoms with Gasteiger partial charge in [-0.3, -0.25) is 4.98 Å². The summed E-state index contributed by atoms with van der Waals surface area (Å²) in [6.07, 6.45) is 12.6.